The number of hydrogen-bond donors (Lipinski definition) is 2. The summed E-state index contributed by atoms with van der Waals surface area (Å²) in [6.07, 6.45) is 2.12. The van der Waals surface area contributed by atoms with E-state index in [4.69, 9.17) is 0 Å². The molecule has 3 atom stereocenters. The first-order chi connectivity index (χ1) is 12.6. The molecule has 1 aromatic heterocycles. The van der Waals surface area contributed by atoms with Crippen LogP contribution in [-0.4, -0.2) is 39.7 Å². The maximum Gasteiger partial charge on any atom is 0.229 e. The quantitative estimate of drug-likeness (QED) is 0.882. The molecule has 3 heterocycles. The van der Waals surface area contributed by atoms with Gasteiger partial charge in [-0.05, 0) is 38.3 Å². The van der Waals surface area contributed by atoms with Crippen molar-refractivity contribution < 1.29 is 4.79 Å². The van der Waals surface area contributed by atoms with E-state index in [2.05, 4.69) is 46.0 Å². The van der Waals surface area contributed by atoms with Crippen molar-refractivity contribution in [1.29, 1.82) is 0 Å². The molecule has 0 saturated carbocycles. The molecule has 1 aromatic carbocycles. The van der Waals surface area contributed by atoms with Crippen LogP contribution in [0.25, 0.3) is 0 Å². The molecule has 26 heavy (non-hydrogen) atoms. The number of benzene rings is 1. The van der Waals surface area contributed by atoms with Crippen LogP contribution in [-0.2, 0) is 11.3 Å². The molecule has 0 bridgehead atoms. The summed E-state index contributed by atoms with van der Waals surface area (Å²) in [4.78, 5) is 15.4. The van der Waals surface area contributed by atoms with Gasteiger partial charge in [0.15, 0.2) is 0 Å². The number of hydrogen-bond acceptors (Lipinski definition) is 4. The Morgan fingerprint density at radius 1 is 1.27 bits per heavy atom. The highest BCUT2D eigenvalue weighted by molar-refractivity contribution is 5.81. The summed E-state index contributed by atoms with van der Waals surface area (Å²) in [6, 6.07) is 12.6. The highest BCUT2D eigenvalue weighted by atomic mass is 16.2. The molecule has 2 saturated heterocycles. The lowest BCUT2D eigenvalue weighted by Gasteiger charge is -2.29. The van der Waals surface area contributed by atoms with Crippen LogP contribution in [0, 0.1) is 19.8 Å². The number of likely N-dealkylation sites (tertiary alicyclic amines) is 1. The van der Waals surface area contributed by atoms with Crippen LogP contribution >= 0.6 is 0 Å². The number of nitrogens with one attached hydrogen (secondary N) is 2. The monoisotopic (exact) mass is 353 g/mol. The Morgan fingerprint density at radius 2 is 2.08 bits per heavy atom. The standard InChI is InChI=1S/C20H27N5O/c1-14-11-15(2)25(23-14)13-17-9-6-10-24(17)20(26)18-12-21-22-19(18)16-7-4-3-5-8-16/h3-5,7-8,11,17-19,21-22H,6,9-10,12-13H2,1-2H3. The molecular weight excluding hydrogens is 326 g/mol. The van der Waals surface area contributed by atoms with Crippen molar-refractivity contribution >= 4 is 5.91 Å². The second-order valence-corrected chi connectivity index (χ2v) is 7.46. The molecule has 138 valence electrons. The van der Waals surface area contributed by atoms with Gasteiger partial charge in [-0.3, -0.25) is 14.9 Å². The van der Waals surface area contributed by atoms with Gasteiger partial charge in [0.25, 0.3) is 0 Å². The summed E-state index contributed by atoms with van der Waals surface area (Å²) in [5.74, 6) is 0.179. The zero-order valence-corrected chi connectivity index (χ0v) is 15.5. The van der Waals surface area contributed by atoms with E-state index in [1.165, 1.54) is 0 Å². The number of rotatable bonds is 4. The van der Waals surface area contributed by atoms with Gasteiger partial charge in [-0.2, -0.15) is 5.10 Å². The van der Waals surface area contributed by atoms with Crippen molar-refractivity contribution in [2.75, 3.05) is 13.1 Å². The first-order valence-electron chi connectivity index (χ1n) is 9.48. The molecule has 0 aliphatic carbocycles. The maximum absolute atomic E-state index is 13.3. The zero-order valence-electron chi connectivity index (χ0n) is 15.5. The highest BCUT2D eigenvalue weighted by Crippen LogP contribution is 2.30. The minimum absolute atomic E-state index is 0.0265. The summed E-state index contributed by atoms with van der Waals surface area (Å²) in [5.41, 5.74) is 9.83. The van der Waals surface area contributed by atoms with Crippen molar-refractivity contribution in [1.82, 2.24) is 25.5 Å². The van der Waals surface area contributed by atoms with E-state index in [0.717, 1.165) is 42.9 Å². The third-order valence-corrected chi connectivity index (χ3v) is 5.61. The SMILES string of the molecule is Cc1cc(C)n(CC2CCCN2C(=O)C2CNNC2c2ccccc2)n1. The van der Waals surface area contributed by atoms with E-state index in [1.807, 2.05) is 29.8 Å². The number of carbonyl (C=O) groups is 1. The van der Waals surface area contributed by atoms with Gasteiger partial charge < -0.3 is 4.90 Å². The average molecular weight is 353 g/mol. The smallest absolute Gasteiger partial charge is 0.229 e. The number of carbonyl (C=O) groups excluding carboxylic acids is 1. The largest absolute Gasteiger partial charge is 0.338 e. The van der Waals surface area contributed by atoms with Crippen molar-refractivity contribution in [2.45, 2.75) is 45.3 Å². The molecule has 1 amide bonds. The van der Waals surface area contributed by atoms with E-state index >= 15 is 0 Å². The fourth-order valence-electron chi connectivity index (χ4n) is 4.29. The van der Waals surface area contributed by atoms with Crippen LogP contribution in [0.15, 0.2) is 36.4 Å². The van der Waals surface area contributed by atoms with Crippen LogP contribution in [0.1, 0.15) is 35.8 Å². The lowest BCUT2D eigenvalue weighted by molar-refractivity contribution is -0.136. The Hall–Kier alpha value is -2.18. The molecule has 6 heteroatoms. The predicted octanol–water partition coefficient (Wildman–Crippen LogP) is 1.96. The molecule has 6 nitrogen and oxygen atoms in total. The topological polar surface area (TPSA) is 62.2 Å². The molecule has 2 N–H and O–H groups in total. The molecule has 4 rings (SSSR count). The molecule has 0 radical (unpaired) electrons. The first kappa shape index (κ1) is 17.2. The van der Waals surface area contributed by atoms with E-state index in [9.17, 15) is 4.79 Å². The van der Waals surface area contributed by atoms with Crippen LogP contribution in [0.4, 0.5) is 0 Å². The van der Waals surface area contributed by atoms with E-state index in [-0.39, 0.29) is 23.9 Å². The van der Waals surface area contributed by atoms with E-state index < -0.39 is 0 Å². The van der Waals surface area contributed by atoms with Gasteiger partial charge in [0, 0.05) is 18.8 Å². The Balaban J connectivity index is 1.50. The van der Waals surface area contributed by atoms with Crippen LogP contribution in [0.5, 0.6) is 0 Å². The molecule has 2 aliphatic rings. The van der Waals surface area contributed by atoms with E-state index in [0.29, 0.717) is 6.54 Å². The van der Waals surface area contributed by atoms with Crippen LogP contribution in [0.2, 0.25) is 0 Å². The van der Waals surface area contributed by atoms with Gasteiger partial charge in [0.1, 0.15) is 0 Å². The van der Waals surface area contributed by atoms with Crippen molar-refractivity contribution in [3.63, 3.8) is 0 Å². The maximum atomic E-state index is 13.3. The predicted molar refractivity (Wildman–Crippen MR) is 100 cm³/mol. The fourth-order valence-corrected chi connectivity index (χ4v) is 4.29. The Labute approximate surface area is 154 Å². The van der Waals surface area contributed by atoms with Gasteiger partial charge in [-0.1, -0.05) is 30.3 Å². The van der Waals surface area contributed by atoms with Gasteiger partial charge in [-0.15, -0.1) is 0 Å². The minimum atomic E-state index is -0.0709. The van der Waals surface area contributed by atoms with Crippen LogP contribution in [0.3, 0.4) is 0 Å². The molecule has 0 spiro atoms. The molecule has 2 fully saturated rings. The second kappa shape index (κ2) is 7.21. The van der Waals surface area contributed by atoms with E-state index in [1.54, 1.807) is 0 Å². The second-order valence-electron chi connectivity index (χ2n) is 7.46. The Bertz CT molecular complexity index is 772. The molecule has 3 unspecified atom stereocenters. The first-order valence-corrected chi connectivity index (χ1v) is 9.48. The lowest BCUT2D eigenvalue weighted by atomic mass is 9.93. The van der Waals surface area contributed by atoms with Gasteiger partial charge in [0.2, 0.25) is 5.91 Å². The minimum Gasteiger partial charge on any atom is -0.338 e. The lowest BCUT2D eigenvalue weighted by Crippen LogP contribution is -2.43. The number of hydrazine groups is 1. The fraction of sp³-hybridized carbons (Fsp3) is 0.500. The number of aromatic nitrogens is 2. The summed E-state index contributed by atoms with van der Waals surface area (Å²) in [6.45, 7) is 6.40. The Morgan fingerprint density at radius 3 is 2.81 bits per heavy atom. The number of aryl methyl sites for hydroxylation is 2. The highest BCUT2D eigenvalue weighted by Gasteiger charge is 2.40. The summed E-state index contributed by atoms with van der Waals surface area (Å²) < 4.78 is 2.05. The summed E-state index contributed by atoms with van der Waals surface area (Å²) in [7, 11) is 0. The van der Waals surface area contributed by atoms with Crippen molar-refractivity contribution in [3.05, 3.63) is 53.3 Å². The van der Waals surface area contributed by atoms with Gasteiger partial charge in [0.05, 0.1) is 30.2 Å². The zero-order chi connectivity index (χ0) is 18.1. The van der Waals surface area contributed by atoms with Crippen LogP contribution < -0.4 is 10.9 Å². The van der Waals surface area contributed by atoms with Crippen molar-refractivity contribution in [3.8, 4) is 0 Å². The molecular formula is C20H27N5O. The van der Waals surface area contributed by atoms with Gasteiger partial charge >= 0.3 is 0 Å². The number of nitrogens with zero attached hydrogens (tertiary/aromatic N) is 3. The van der Waals surface area contributed by atoms with Gasteiger partial charge in [-0.25, -0.2) is 5.43 Å². The molecule has 2 aromatic rings. The Kier molecular flexibility index (Phi) is 4.78. The third-order valence-electron chi connectivity index (χ3n) is 5.61. The average Bonchev–Trinajstić information content (AvgIpc) is 3.36. The van der Waals surface area contributed by atoms with Crippen molar-refractivity contribution in [2.24, 2.45) is 5.92 Å². The number of amides is 1. The molecule has 2 aliphatic heterocycles. The normalized spacial score (nSPS) is 25.8. The third kappa shape index (κ3) is 3.27. The summed E-state index contributed by atoms with van der Waals surface area (Å²) >= 11 is 0. The summed E-state index contributed by atoms with van der Waals surface area (Å²) in [5, 5.41) is 4.58.